The summed E-state index contributed by atoms with van der Waals surface area (Å²) in [6, 6.07) is 0. The molecule has 0 aliphatic rings. The molecule has 0 bridgehead atoms. The number of hydrogen-bond acceptors (Lipinski definition) is 2. The molecular weight excluding hydrogens is 243 g/mol. The SMILES string of the molecule is [C-]#[N+]/C(C(=O)O)=C(/O)C(F)(F)F.[Cu]. The maximum Gasteiger partial charge on any atom is 0.438 e. The van der Waals surface area contributed by atoms with Crippen LogP contribution in [-0.2, 0) is 21.9 Å². The number of alkyl halides is 3. The van der Waals surface area contributed by atoms with E-state index < -0.39 is 23.6 Å². The van der Waals surface area contributed by atoms with Crippen LogP contribution in [0.15, 0.2) is 11.5 Å². The molecule has 0 atom stereocenters. The molecule has 13 heavy (non-hydrogen) atoms. The summed E-state index contributed by atoms with van der Waals surface area (Å²) in [5.41, 5.74) is -1.73. The van der Waals surface area contributed by atoms with Gasteiger partial charge in [0.1, 0.15) is 0 Å². The van der Waals surface area contributed by atoms with E-state index in [0.717, 1.165) is 0 Å². The fourth-order valence-corrected chi connectivity index (χ4v) is 0.336. The van der Waals surface area contributed by atoms with Gasteiger partial charge >= 0.3 is 17.8 Å². The van der Waals surface area contributed by atoms with Crippen LogP contribution < -0.4 is 0 Å². The zero-order valence-electron chi connectivity index (χ0n) is 5.69. The molecule has 8 heteroatoms. The quantitative estimate of drug-likeness (QED) is 0.317. The number of carboxylic acids is 1. The number of aliphatic hydroxyl groups excluding tert-OH is 1. The molecule has 0 rings (SSSR count). The Labute approximate surface area is 81.0 Å². The molecule has 0 spiro atoms. The van der Waals surface area contributed by atoms with Crippen LogP contribution in [0.3, 0.4) is 0 Å². The van der Waals surface area contributed by atoms with E-state index in [1.54, 1.807) is 0 Å². The van der Waals surface area contributed by atoms with Crippen LogP contribution in [0.5, 0.6) is 0 Å². The predicted octanol–water partition coefficient (Wildman–Crippen LogP) is 1.32. The molecule has 4 nitrogen and oxygen atoms in total. The number of hydrogen-bond donors (Lipinski definition) is 2. The van der Waals surface area contributed by atoms with Crippen molar-refractivity contribution in [3.05, 3.63) is 22.9 Å². The number of carboxylic acid groups (broad SMARTS) is 1. The van der Waals surface area contributed by atoms with Gasteiger partial charge in [0.2, 0.25) is 5.76 Å². The molecule has 0 aliphatic heterocycles. The smallest absolute Gasteiger partial charge is 0.438 e. The molecule has 77 valence electrons. The number of carbonyl (C=O) groups is 1. The number of aliphatic carboxylic acids is 1. The Kier molecular flexibility index (Phi) is 5.23. The topological polar surface area (TPSA) is 61.9 Å². The zero-order chi connectivity index (χ0) is 9.94. The third kappa shape index (κ3) is 3.82. The average molecular weight is 245 g/mol. The van der Waals surface area contributed by atoms with Crippen molar-refractivity contribution in [3.63, 3.8) is 0 Å². The minimum atomic E-state index is -5.20. The van der Waals surface area contributed by atoms with Crippen molar-refractivity contribution in [1.82, 2.24) is 0 Å². The summed E-state index contributed by atoms with van der Waals surface area (Å²) >= 11 is 0. The second-order valence-electron chi connectivity index (χ2n) is 1.61. The monoisotopic (exact) mass is 244 g/mol. The summed E-state index contributed by atoms with van der Waals surface area (Å²) in [5, 5.41) is 16.2. The Morgan fingerprint density at radius 1 is 1.31 bits per heavy atom. The summed E-state index contributed by atoms with van der Waals surface area (Å²) in [6.07, 6.45) is -5.20. The maximum atomic E-state index is 11.5. The van der Waals surface area contributed by atoms with Crippen molar-refractivity contribution < 1.29 is 45.2 Å². The number of allylic oxidation sites excluding steroid dienone is 1. The van der Waals surface area contributed by atoms with Crippen LogP contribution in [0, 0.1) is 6.57 Å². The molecule has 0 saturated heterocycles. The van der Waals surface area contributed by atoms with Gasteiger partial charge in [-0.2, -0.15) is 13.2 Å². The summed E-state index contributed by atoms with van der Waals surface area (Å²) in [5.74, 6) is -4.50. The third-order valence-corrected chi connectivity index (χ3v) is 0.807. The summed E-state index contributed by atoms with van der Waals surface area (Å²) in [6.45, 7) is 6.03. The van der Waals surface area contributed by atoms with Gasteiger partial charge < -0.3 is 10.2 Å². The minimum Gasteiger partial charge on any atom is -0.515 e. The Morgan fingerprint density at radius 3 is 1.77 bits per heavy atom. The van der Waals surface area contributed by atoms with E-state index in [4.69, 9.17) is 16.8 Å². The van der Waals surface area contributed by atoms with E-state index in [9.17, 15) is 18.0 Å². The van der Waals surface area contributed by atoms with Gasteiger partial charge in [-0.1, -0.05) is 0 Å². The van der Waals surface area contributed by atoms with Crippen LogP contribution in [0.2, 0.25) is 0 Å². The van der Waals surface area contributed by atoms with Crippen molar-refractivity contribution in [2.24, 2.45) is 0 Å². The standard InChI is InChI=1S/C5H2F3NO3.Cu/c1-9-2(4(11)12)3(10)5(6,7)8;/h10H,(H,11,12);/b3-2+;. The van der Waals surface area contributed by atoms with Crippen LogP contribution in [0.1, 0.15) is 0 Å². The van der Waals surface area contributed by atoms with Gasteiger partial charge in [0, 0.05) is 17.1 Å². The predicted molar refractivity (Wildman–Crippen MR) is 29.9 cm³/mol. The van der Waals surface area contributed by atoms with Crippen LogP contribution >= 0.6 is 0 Å². The van der Waals surface area contributed by atoms with Gasteiger partial charge in [-0.3, -0.25) is 4.79 Å². The molecule has 0 amide bonds. The normalized spacial score (nSPS) is 12.2. The minimum absolute atomic E-state index is 0. The fourth-order valence-electron chi connectivity index (χ4n) is 0.336. The average Bonchev–Trinajstić information content (AvgIpc) is 1.86. The first-order chi connectivity index (χ1) is 5.30. The molecule has 1 radical (unpaired) electrons. The Balaban J connectivity index is 0. The van der Waals surface area contributed by atoms with E-state index in [2.05, 4.69) is 0 Å². The van der Waals surface area contributed by atoms with Crippen molar-refractivity contribution in [3.8, 4) is 0 Å². The Morgan fingerprint density at radius 2 is 1.69 bits per heavy atom. The number of nitrogens with zero attached hydrogens (tertiary/aromatic N) is 1. The maximum absolute atomic E-state index is 11.5. The molecule has 2 N–H and O–H groups in total. The Hall–Kier alpha value is -1.19. The molecule has 0 heterocycles. The van der Waals surface area contributed by atoms with E-state index >= 15 is 0 Å². The summed E-state index contributed by atoms with van der Waals surface area (Å²) in [7, 11) is 0. The van der Waals surface area contributed by atoms with Crippen molar-refractivity contribution >= 4 is 5.97 Å². The Bertz CT molecular complexity index is 278. The van der Waals surface area contributed by atoms with E-state index in [0.29, 0.717) is 0 Å². The molecular formula is C5H2CuF3NO3. The molecule has 0 saturated carbocycles. The molecule has 0 aliphatic carbocycles. The van der Waals surface area contributed by atoms with Gasteiger partial charge in [-0.15, -0.1) is 0 Å². The molecule has 0 aromatic carbocycles. The molecule has 0 aromatic rings. The largest absolute Gasteiger partial charge is 0.515 e. The summed E-state index contributed by atoms with van der Waals surface area (Å²) < 4.78 is 34.6. The van der Waals surface area contributed by atoms with Crippen molar-refractivity contribution in [1.29, 1.82) is 0 Å². The van der Waals surface area contributed by atoms with Crippen molar-refractivity contribution in [2.75, 3.05) is 0 Å². The van der Waals surface area contributed by atoms with E-state index in [-0.39, 0.29) is 17.1 Å². The first-order valence-electron chi connectivity index (χ1n) is 2.42. The van der Waals surface area contributed by atoms with Crippen LogP contribution in [0.4, 0.5) is 13.2 Å². The summed E-state index contributed by atoms with van der Waals surface area (Å²) in [4.78, 5) is 11.9. The molecule has 0 unspecified atom stereocenters. The third-order valence-electron chi connectivity index (χ3n) is 0.807. The fraction of sp³-hybridized carbons (Fsp3) is 0.200. The number of rotatable bonds is 1. The first kappa shape index (κ1) is 14.3. The first-order valence-corrected chi connectivity index (χ1v) is 2.42. The number of aliphatic hydroxyl groups is 1. The van der Waals surface area contributed by atoms with Gasteiger partial charge in [-0.25, -0.2) is 4.85 Å². The van der Waals surface area contributed by atoms with E-state index in [1.165, 1.54) is 0 Å². The van der Waals surface area contributed by atoms with Gasteiger partial charge in [0.05, 0.1) is 6.57 Å². The molecule has 0 fully saturated rings. The second kappa shape index (κ2) is 4.74. The van der Waals surface area contributed by atoms with Crippen molar-refractivity contribution in [2.45, 2.75) is 6.18 Å². The van der Waals surface area contributed by atoms with Crippen LogP contribution in [0.25, 0.3) is 4.85 Å². The second-order valence-corrected chi connectivity index (χ2v) is 1.61. The zero-order valence-corrected chi connectivity index (χ0v) is 6.63. The van der Waals surface area contributed by atoms with Gasteiger partial charge in [0.25, 0.3) is 0 Å². The van der Waals surface area contributed by atoms with Gasteiger partial charge in [-0.05, 0) is 0 Å². The van der Waals surface area contributed by atoms with Crippen LogP contribution in [-0.4, -0.2) is 22.4 Å². The van der Waals surface area contributed by atoms with Gasteiger partial charge in [0.15, 0.2) is 0 Å². The van der Waals surface area contributed by atoms with E-state index in [1.807, 2.05) is 4.85 Å². The number of halogens is 3. The molecule has 0 aromatic heterocycles.